The van der Waals surface area contributed by atoms with Gasteiger partial charge in [-0.3, -0.25) is 9.36 Å². The van der Waals surface area contributed by atoms with Gasteiger partial charge in [0, 0.05) is 13.1 Å². The molecule has 1 aromatic carbocycles. The van der Waals surface area contributed by atoms with Crippen molar-refractivity contribution in [3.8, 4) is 5.69 Å². The summed E-state index contributed by atoms with van der Waals surface area (Å²) in [6.45, 7) is 3.10. The largest absolute Gasteiger partial charge is 0.337 e. The number of aromatic nitrogens is 4. The highest BCUT2D eigenvalue weighted by atomic mass is 16.2. The second kappa shape index (κ2) is 5.22. The molecule has 0 aliphatic heterocycles. The fourth-order valence-electron chi connectivity index (χ4n) is 2.95. The quantitative estimate of drug-likeness (QED) is 0.738. The van der Waals surface area contributed by atoms with E-state index >= 15 is 0 Å². The molecule has 0 unspecified atom stereocenters. The first-order chi connectivity index (χ1) is 11.2. The van der Waals surface area contributed by atoms with E-state index in [4.69, 9.17) is 0 Å². The lowest BCUT2D eigenvalue weighted by atomic mass is 10.3. The number of rotatable bonds is 4. The molecule has 0 atom stereocenters. The number of para-hydroxylation sites is 1. The Kier molecular flexibility index (Phi) is 3.18. The minimum Gasteiger partial charge on any atom is -0.325 e. The molecule has 6 heteroatoms. The van der Waals surface area contributed by atoms with Crippen molar-refractivity contribution in [2.45, 2.75) is 32.9 Å². The third-order valence-corrected chi connectivity index (χ3v) is 4.39. The molecule has 1 fully saturated rings. The molecule has 0 N–H and O–H groups in total. The first-order valence-corrected chi connectivity index (χ1v) is 7.96. The molecule has 0 bridgehead atoms. The number of aryl methyl sites for hydroxylation is 1. The number of nitrogens with zero attached hydrogens (tertiary/aromatic N) is 4. The molecule has 0 saturated heterocycles. The highest BCUT2D eigenvalue weighted by molar-refractivity contribution is 5.72. The van der Waals surface area contributed by atoms with Crippen LogP contribution in [-0.4, -0.2) is 18.7 Å². The van der Waals surface area contributed by atoms with Crippen LogP contribution < -0.4 is 11.2 Å². The molecular weight excluding hydrogens is 292 g/mol. The van der Waals surface area contributed by atoms with Gasteiger partial charge in [-0.15, -0.1) is 0 Å². The van der Waals surface area contributed by atoms with Gasteiger partial charge in [-0.2, -0.15) is 0 Å². The van der Waals surface area contributed by atoms with Crippen molar-refractivity contribution in [3.05, 3.63) is 57.5 Å². The van der Waals surface area contributed by atoms with Gasteiger partial charge in [-0.25, -0.2) is 14.3 Å². The van der Waals surface area contributed by atoms with Crippen LogP contribution in [0.3, 0.4) is 0 Å². The summed E-state index contributed by atoms with van der Waals surface area (Å²) in [7, 11) is 0. The molecule has 4 rings (SSSR count). The number of fused-ring (bicyclic) bond motifs is 1. The highest BCUT2D eigenvalue weighted by Gasteiger charge is 2.26. The molecule has 1 aliphatic rings. The second-order valence-electron chi connectivity index (χ2n) is 6.02. The summed E-state index contributed by atoms with van der Waals surface area (Å²) in [6, 6.07) is 9.37. The summed E-state index contributed by atoms with van der Waals surface area (Å²) in [5.74, 6) is 0.445. The summed E-state index contributed by atoms with van der Waals surface area (Å²) in [5.41, 5.74) is 1.12. The lowest BCUT2D eigenvalue weighted by molar-refractivity contribution is 0.567. The molecule has 23 heavy (non-hydrogen) atoms. The molecule has 6 nitrogen and oxygen atoms in total. The van der Waals surface area contributed by atoms with Crippen LogP contribution in [0.2, 0.25) is 0 Å². The Balaban J connectivity index is 2.09. The molecule has 0 amide bonds. The van der Waals surface area contributed by atoms with Gasteiger partial charge in [0.2, 0.25) is 0 Å². The third-order valence-electron chi connectivity index (χ3n) is 4.39. The summed E-state index contributed by atoms with van der Waals surface area (Å²) in [5, 5.41) is 0. The van der Waals surface area contributed by atoms with E-state index in [0.29, 0.717) is 30.2 Å². The molecule has 3 aromatic rings. The normalized spacial score (nSPS) is 14.5. The topological polar surface area (TPSA) is 61.8 Å². The van der Waals surface area contributed by atoms with Crippen LogP contribution in [0.4, 0.5) is 0 Å². The van der Waals surface area contributed by atoms with E-state index in [2.05, 4.69) is 4.98 Å². The van der Waals surface area contributed by atoms with Crippen LogP contribution in [0.15, 0.2) is 46.2 Å². The van der Waals surface area contributed by atoms with Crippen LogP contribution >= 0.6 is 0 Å². The Morgan fingerprint density at radius 3 is 2.57 bits per heavy atom. The van der Waals surface area contributed by atoms with Gasteiger partial charge >= 0.3 is 5.69 Å². The van der Waals surface area contributed by atoms with E-state index in [1.807, 2.05) is 37.3 Å². The smallest absolute Gasteiger partial charge is 0.325 e. The zero-order valence-corrected chi connectivity index (χ0v) is 13.0. The summed E-state index contributed by atoms with van der Waals surface area (Å²) in [4.78, 5) is 30.1. The summed E-state index contributed by atoms with van der Waals surface area (Å²) >= 11 is 0. The molecule has 0 spiro atoms. The molecule has 118 valence electrons. The minimum absolute atomic E-state index is 0.233. The zero-order valence-electron chi connectivity index (χ0n) is 13.0. The van der Waals surface area contributed by atoms with Gasteiger partial charge in [0.15, 0.2) is 11.2 Å². The van der Waals surface area contributed by atoms with Gasteiger partial charge in [0.05, 0.1) is 12.0 Å². The lowest BCUT2D eigenvalue weighted by Crippen LogP contribution is -2.40. The van der Waals surface area contributed by atoms with Gasteiger partial charge in [0.25, 0.3) is 5.56 Å². The summed E-state index contributed by atoms with van der Waals surface area (Å²) in [6.07, 6.45) is 3.80. The Morgan fingerprint density at radius 1 is 1.17 bits per heavy atom. The maximum Gasteiger partial charge on any atom is 0.337 e. The molecule has 2 heterocycles. The van der Waals surface area contributed by atoms with E-state index in [-0.39, 0.29) is 11.2 Å². The van der Waals surface area contributed by atoms with Crippen molar-refractivity contribution in [1.29, 1.82) is 0 Å². The van der Waals surface area contributed by atoms with Crippen LogP contribution in [0, 0.1) is 5.92 Å². The predicted octanol–water partition coefficient (Wildman–Crippen LogP) is 1.78. The van der Waals surface area contributed by atoms with Gasteiger partial charge in [0.1, 0.15) is 0 Å². The van der Waals surface area contributed by atoms with Crippen molar-refractivity contribution >= 4 is 11.2 Å². The SMILES string of the molecule is CCn1cnc2c1c(=O)n(CC1CC1)c(=O)n2-c1ccccc1. The van der Waals surface area contributed by atoms with E-state index in [9.17, 15) is 9.59 Å². The molecular formula is C17H18N4O2. The minimum atomic E-state index is -0.304. The van der Waals surface area contributed by atoms with E-state index in [0.717, 1.165) is 18.5 Å². The molecule has 0 radical (unpaired) electrons. The monoisotopic (exact) mass is 310 g/mol. The van der Waals surface area contributed by atoms with Gasteiger partial charge in [-0.1, -0.05) is 18.2 Å². The highest BCUT2D eigenvalue weighted by Crippen LogP contribution is 2.29. The van der Waals surface area contributed by atoms with Crippen LogP contribution in [0.25, 0.3) is 16.9 Å². The Bertz CT molecular complexity index is 977. The van der Waals surface area contributed by atoms with Crippen LogP contribution in [0.5, 0.6) is 0 Å². The van der Waals surface area contributed by atoms with Gasteiger partial charge in [-0.05, 0) is 37.8 Å². The van der Waals surface area contributed by atoms with E-state index in [1.165, 1.54) is 4.57 Å². The van der Waals surface area contributed by atoms with Crippen molar-refractivity contribution in [1.82, 2.24) is 18.7 Å². The number of benzene rings is 1. The van der Waals surface area contributed by atoms with E-state index < -0.39 is 0 Å². The fraction of sp³-hybridized carbons (Fsp3) is 0.353. The van der Waals surface area contributed by atoms with Gasteiger partial charge < -0.3 is 4.57 Å². The number of imidazole rings is 1. The molecule has 1 saturated carbocycles. The van der Waals surface area contributed by atoms with Crippen molar-refractivity contribution in [2.75, 3.05) is 0 Å². The zero-order chi connectivity index (χ0) is 16.0. The van der Waals surface area contributed by atoms with Crippen LogP contribution in [0.1, 0.15) is 19.8 Å². The first kappa shape index (κ1) is 14.0. The summed E-state index contributed by atoms with van der Waals surface area (Å²) < 4.78 is 4.73. The average molecular weight is 310 g/mol. The average Bonchev–Trinajstić information content (AvgIpc) is 3.29. The van der Waals surface area contributed by atoms with Crippen molar-refractivity contribution < 1.29 is 0 Å². The fourth-order valence-corrected chi connectivity index (χ4v) is 2.95. The maximum atomic E-state index is 12.9. The van der Waals surface area contributed by atoms with Crippen LogP contribution in [-0.2, 0) is 13.1 Å². The Hall–Kier alpha value is -2.63. The Morgan fingerprint density at radius 2 is 1.91 bits per heavy atom. The second-order valence-corrected chi connectivity index (χ2v) is 6.02. The third kappa shape index (κ3) is 2.21. The number of hydrogen-bond acceptors (Lipinski definition) is 3. The maximum absolute atomic E-state index is 12.9. The first-order valence-electron chi connectivity index (χ1n) is 7.96. The lowest BCUT2D eigenvalue weighted by Gasteiger charge is -2.12. The van der Waals surface area contributed by atoms with E-state index in [1.54, 1.807) is 15.5 Å². The Labute approximate surface area is 132 Å². The molecule has 1 aliphatic carbocycles. The molecule has 2 aromatic heterocycles. The number of hydrogen-bond donors (Lipinski definition) is 0. The van der Waals surface area contributed by atoms with Crippen molar-refractivity contribution in [2.24, 2.45) is 5.92 Å². The van der Waals surface area contributed by atoms with Crippen molar-refractivity contribution in [3.63, 3.8) is 0 Å². The predicted molar refractivity (Wildman–Crippen MR) is 88.0 cm³/mol. The standard InChI is InChI=1S/C17H18N4O2/c1-2-19-11-18-15-14(19)16(22)20(10-12-8-9-12)17(23)21(15)13-6-4-3-5-7-13/h3-7,11-12H,2,8-10H2,1H3.